The number of aromatic nitrogens is 2. The summed E-state index contributed by atoms with van der Waals surface area (Å²) in [6.07, 6.45) is -0.232. The number of para-hydroxylation sites is 1. The van der Waals surface area contributed by atoms with E-state index in [0.29, 0.717) is 18.6 Å². The van der Waals surface area contributed by atoms with Gasteiger partial charge in [0.15, 0.2) is 0 Å². The van der Waals surface area contributed by atoms with Gasteiger partial charge in [-0.3, -0.25) is 18.9 Å². The number of benzene rings is 1. The second-order valence-electron chi connectivity index (χ2n) is 8.74. The molecule has 0 spiro atoms. The third kappa shape index (κ3) is 5.04. The average Bonchev–Trinajstić information content (AvgIpc) is 3.14. The van der Waals surface area contributed by atoms with Gasteiger partial charge in [-0.15, -0.1) is 0 Å². The zero-order valence-corrected chi connectivity index (χ0v) is 19.7. The standard InChI is InChI=1S/C23H27N2O8P/c1-23(2)16-9-5-6-10-18(16)32-34(30,33-23)11-7-3-4-8-15-13-25(22(29)24-21(15)28)20-12-17(27)19(14-26)31-20/h5-6,9-10,13,17,19-20,26-27H,3,7,11-12,14H2,1-2H3,(H,24,28,29)/i26D. The second-order valence-corrected chi connectivity index (χ2v) is 10.8. The van der Waals surface area contributed by atoms with Gasteiger partial charge in [0, 0.05) is 24.6 Å². The first-order valence-electron chi connectivity index (χ1n) is 11.4. The van der Waals surface area contributed by atoms with E-state index in [1.807, 2.05) is 32.0 Å². The molecule has 4 unspecified atom stereocenters. The van der Waals surface area contributed by atoms with Crippen molar-refractivity contribution in [2.75, 3.05) is 12.8 Å². The first-order valence-corrected chi connectivity index (χ1v) is 12.7. The van der Waals surface area contributed by atoms with Crippen LogP contribution in [0.25, 0.3) is 0 Å². The van der Waals surface area contributed by atoms with Crippen molar-refractivity contribution < 1.29 is 28.6 Å². The Labute approximate surface area is 197 Å². The molecule has 3 N–H and O–H groups in total. The van der Waals surface area contributed by atoms with E-state index < -0.39 is 42.9 Å². The Hall–Kier alpha value is -2.67. The SMILES string of the molecule is [2H]OCC1OC(n2cc(C#CCCCP3(=O)Oc4ccccc4C(C)(C)O3)c(=O)[nH]c2=O)CC1O. The molecule has 34 heavy (non-hydrogen) atoms. The van der Waals surface area contributed by atoms with Crippen LogP contribution in [-0.2, 0) is 19.4 Å². The highest BCUT2D eigenvalue weighted by molar-refractivity contribution is 7.54. The molecule has 4 atom stereocenters. The lowest BCUT2D eigenvalue weighted by Gasteiger charge is -2.37. The maximum absolute atomic E-state index is 13.2. The van der Waals surface area contributed by atoms with Crippen molar-refractivity contribution in [1.82, 2.24) is 9.55 Å². The van der Waals surface area contributed by atoms with Crippen LogP contribution in [0.1, 0.15) is 50.5 Å². The van der Waals surface area contributed by atoms with Gasteiger partial charge in [-0.2, -0.15) is 0 Å². The highest BCUT2D eigenvalue weighted by atomic mass is 31.2. The average molecular weight is 491 g/mol. The molecule has 2 aromatic rings. The summed E-state index contributed by atoms with van der Waals surface area (Å²) in [6, 6.07) is 7.33. The van der Waals surface area contributed by atoms with Crippen LogP contribution in [0.3, 0.4) is 0 Å². The van der Waals surface area contributed by atoms with Gasteiger partial charge in [-0.25, -0.2) is 9.36 Å². The van der Waals surface area contributed by atoms with Gasteiger partial charge in [-0.05, 0) is 26.3 Å². The minimum absolute atomic E-state index is 0.0507. The highest BCUT2D eigenvalue weighted by Gasteiger charge is 2.42. The van der Waals surface area contributed by atoms with Gasteiger partial charge >= 0.3 is 13.3 Å². The fourth-order valence-electron chi connectivity index (χ4n) is 4.04. The predicted molar refractivity (Wildman–Crippen MR) is 123 cm³/mol. The number of nitrogens with one attached hydrogen (secondary N) is 1. The minimum atomic E-state index is -3.38. The van der Waals surface area contributed by atoms with E-state index in [1.165, 1.54) is 6.20 Å². The van der Waals surface area contributed by atoms with Gasteiger partial charge in [-0.1, -0.05) is 30.0 Å². The summed E-state index contributed by atoms with van der Waals surface area (Å²) >= 11 is 0. The van der Waals surface area contributed by atoms with Crippen molar-refractivity contribution in [2.24, 2.45) is 0 Å². The number of aliphatic hydroxyl groups is 2. The van der Waals surface area contributed by atoms with Crippen molar-refractivity contribution >= 4 is 7.60 Å². The molecule has 0 saturated carbocycles. The molecule has 10 nitrogen and oxygen atoms in total. The molecule has 4 rings (SSSR count). The van der Waals surface area contributed by atoms with Crippen LogP contribution < -0.4 is 15.8 Å². The number of aliphatic hydroxyl groups excluding tert-OH is 2. The first-order chi connectivity index (χ1) is 16.6. The summed E-state index contributed by atoms with van der Waals surface area (Å²) in [4.78, 5) is 26.6. The van der Waals surface area contributed by atoms with E-state index in [4.69, 9.17) is 15.2 Å². The molecule has 0 bridgehead atoms. The number of hydrogen-bond donors (Lipinski definition) is 3. The molecule has 1 aromatic heterocycles. The number of H-pyrrole nitrogens is 1. The van der Waals surface area contributed by atoms with Crippen molar-refractivity contribution in [2.45, 2.75) is 57.1 Å². The van der Waals surface area contributed by atoms with Crippen molar-refractivity contribution in [3.8, 4) is 17.6 Å². The maximum Gasteiger partial charge on any atom is 0.380 e. The van der Waals surface area contributed by atoms with E-state index in [1.54, 1.807) is 6.07 Å². The van der Waals surface area contributed by atoms with Gasteiger partial charge in [0.1, 0.15) is 29.2 Å². The fourth-order valence-corrected chi connectivity index (χ4v) is 6.06. The number of fused-ring (bicyclic) bond motifs is 1. The molecule has 0 amide bonds. The number of rotatable bonds is 6. The van der Waals surface area contributed by atoms with E-state index in [0.717, 1.165) is 10.1 Å². The molecular formula is C23H27N2O8P. The summed E-state index contributed by atoms with van der Waals surface area (Å²) in [7, 11) is -3.38. The smallest absolute Gasteiger partial charge is 0.380 e. The molecule has 3 heterocycles. The predicted octanol–water partition coefficient (Wildman–Crippen LogP) is 1.85. The third-order valence-corrected chi connectivity index (χ3v) is 7.82. The number of ether oxygens (including phenoxy) is 1. The molecule has 0 radical (unpaired) electrons. The Bertz CT molecular complexity index is 1310. The molecule has 0 aliphatic carbocycles. The molecule has 1 fully saturated rings. The van der Waals surface area contributed by atoms with E-state index in [9.17, 15) is 19.3 Å². The zero-order valence-electron chi connectivity index (χ0n) is 19.9. The first kappa shape index (κ1) is 23.1. The van der Waals surface area contributed by atoms with Crippen LogP contribution in [0.15, 0.2) is 40.1 Å². The topological polar surface area (TPSA) is 140 Å². The molecule has 182 valence electrons. The van der Waals surface area contributed by atoms with Crippen LogP contribution in [0.5, 0.6) is 5.75 Å². The summed E-state index contributed by atoms with van der Waals surface area (Å²) in [5.74, 6) is 6.14. The number of aromatic amines is 1. The Kier molecular flexibility index (Phi) is 6.47. The largest absolute Gasteiger partial charge is 0.424 e. The Morgan fingerprint density at radius 1 is 1.35 bits per heavy atom. The molecule has 11 heteroatoms. The summed E-state index contributed by atoms with van der Waals surface area (Å²) < 4.78 is 38.3. The lowest BCUT2D eigenvalue weighted by molar-refractivity contribution is -0.0459. The quantitative estimate of drug-likeness (QED) is 0.316. The monoisotopic (exact) mass is 491 g/mol. The van der Waals surface area contributed by atoms with E-state index >= 15 is 0 Å². The number of unbranched alkanes of at least 4 members (excludes halogenated alkanes) is 1. The minimum Gasteiger partial charge on any atom is -0.424 e. The van der Waals surface area contributed by atoms with Gasteiger partial charge in [0.25, 0.3) is 5.56 Å². The number of hydrogen-bond acceptors (Lipinski definition) is 8. The maximum atomic E-state index is 13.2. The Balaban J connectivity index is 1.41. The molecule has 1 saturated heterocycles. The third-order valence-electron chi connectivity index (χ3n) is 5.74. The van der Waals surface area contributed by atoms with Gasteiger partial charge < -0.3 is 19.5 Å². The Morgan fingerprint density at radius 2 is 2.15 bits per heavy atom. The summed E-state index contributed by atoms with van der Waals surface area (Å²) in [5, 5.41) is 14.3. The van der Waals surface area contributed by atoms with Crippen LogP contribution >= 0.6 is 7.60 Å². The van der Waals surface area contributed by atoms with Crippen molar-refractivity contribution in [3.63, 3.8) is 0 Å². The Morgan fingerprint density at radius 3 is 2.94 bits per heavy atom. The van der Waals surface area contributed by atoms with Crippen molar-refractivity contribution in [3.05, 3.63) is 62.4 Å². The zero-order chi connectivity index (χ0) is 25.2. The summed E-state index contributed by atoms with van der Waals surface area (Å²) in [6.45, 7) is 3.54. The van der Waals surface area contributed by atoms with Gasteiger partial charge in [0.05, 0.1) is 18.9 Å². The van der Waals surface area contributed by atoms with Gasteiger partial charge in [0.2, 0.25) is 1.43 Å². The molecular weight excluding hydrogens is 463 g/mol. The van der Waals surface area contributed by atoms with Crippen LogP contribution in [0, 0.1) is 11.8 Å². The molecule has 2 aliphatic heterocycles. The number of nitrogens with zero attached hydrogens (tertiary/aromatic N) is 1. The van der Waals surface area contributed by atoms with Crippen LogP contribution in [-0.4, -0.2) is 46.2 Å². The van der Waals surface area contributed by atoms with Crippen LogP contribution in [0.2, 0.25) is 0 Å². The normalized spacial score (nSPS) is 27.7. The van der Waals surface area contributed by atoms with Crippen LogP contribution in [0.4, 0.5) is 0 Å². The lowest BCUT2D eigenvalue weighted by atomic mass is 9.98. The lowest BCUT2D eigenvalue weighted by Crippen LogP contribution is -2.33. The molecule has 1 aromatic carbocycles. The second kappa shape index (κ2) is 9.53. The summed E-state index contributed by atoms with van der Waals surface area (Å²) in [5.41, 5.74) is -1.21. The fraction of sp³-hybridized carbons (Fsp3) is 0.478. The van der Waals surface area contributed by atoms with E-state index in [2.05, 4.69) is 21.9 Å². The van der Waals surface area contributed by atoms with Crippen molar-refractivity contribution in [1.29, 1.82) is 1.43 Å². The highest BCUT2D eigenvalue weighted by Crippen LogP contribution is 2.59. The molecule has 2 aliphatic rings. The van der Waals surface area contributed by atoms with E-state index in [-0.39, 0.29) is 24.8 Å².